The molecule has 0 aliphatic carbocycles. The molecule has 0 saturated carbocycles. The van der Waals surface area contributed by atoms with Gasteiger partial charge in [-0.1, -0.05) is 20.8 Å². The lowest BCUT2D eigenvalue weighted by molar-refractivity contribution is 0.0958. The summed E-state index contributed by atoms with van der Waals surface area (Å²) in [4.78, 5) is 12.4. The summed E-state index contributed by atoms with van der Waals surface area (Å²) in [5.74, 6) is 0.375. The standard InChI is InChI=1S/C14H22N4OS/c1-4-6-17-13(19)12-11(16)10(8-15)14(20-12)18-7-5-9(2)3/h9,18H,4-7,16H2,1-3H3,(H,17,19). The van der Waals surface area contributed by atoms with Crippen LogP contribution in [0.3, 0.4) is 0 Å². The first-order valence-corrected chi connectivity index (χ1v) is 7.67. The number of rotatable bonds is 7. The average Bonchev–Trinajstić information content (AvgIpc) is 2.72. The molecule has 0 spiro atoms. The van der Waals surface area contributed by atoms with Crippen molar-refractivity contribution in [2.75, 3.05) is 24.1 Å². The Morgan fingerprint density at radius 1 is 1.45 bits per heavy atom. The lowest BCUT2D eigenvalue weighted by Crippen LogP contribution is -2.23. The van der Waals surface area contributed by atoms with Crippen molar-refractivity contribution < 1.29 is 4.79 Å². The number of hydrogen-bond donors (Lipinski definition) is 3. The summed E-state index contributed by atoms with van der Waals surface area (Å²) in [6, 6.07) is 2.08. The first-order chi connectivity index (χ1) is 9.51. The SMILES string of the molecule is CCCNC(=O)c1sc(NCCC(C)C)c(C#N)c1N. The van der Waals surface area contributed by atoms with Gasteiger partial charge < -0.3 is 16.4 Å². The summed E-state index contributed by atoms with van der Waals surface area (Å²) in [6.07, 6.45) is 1.86. The molecular weight excluding hydrogens is 272 g/mol. The third-order valence-corrected chi connectivity index (χ3v) is 3.97. The number of hydrogen-bond acceptors (Lipinski definition) is 5. The fourth-order valence-electron chi connectivity index (χ4n) is 1.64. The van der Waals surface area contributed by atoms with Gasteiger partial charge in [0.05, 0.1) is 5.69 Å². The van der Waals surface area contributed by atoms with E-state index in [-0.39, 0.29) is 11.6 Å². The van der Waals surface area contributed by atoms with E-state index in [2.05, 4.69) is 30.6 Å². The van der Waals surface area contributed by atoms with Gasteiger partial charge >= 0.3 is 0 Å². The number of amides is 1. The Labute approximate surface area is 124 Å². The fraction of sp³-hybridized carbons (Fsp3) is 0.571. The van der Waals surface area contributed by atoms with Crippen molar-refractivity contribution in [3.63, 3.8) is 0 Å². The van der Waals surface area contributed by atoms with Crippen LogP contribution >= 0.6 is 11.3 Å². The van der Waals surface area contributed by atoms with E-state index in [4.69, 9.17) is 5.73 Å². The molecule has 0 fully saturated rings. The van der Waals surface area contributed by atoms with E-state index in [1.807, 2.05) is 6.92 Å². The second-order valence-electron chi connectivity index (χ2n) is 5.03. The number of carbonyl (C=O) groups is 1. The second-order valence-corrected chi connectivity index (χ2v) is 6.05. The smallest absolute Gasteiger partial charge is 0.263 e. The number of nitrogens with zero attached hydrogens (tertiary/aromatic N) is 1. The molecule has 20 heavy (non-hydrogen) atoms. The Bertz CT molecular complexity index is 502. The molecule has 1 heterocycles. The second kappa shape index (κ2) is 7.75. The van der Waals surface area contributed by atoms with Gasteiger partial charge in [0.2, 0.25) is 0 Å². The van der Waals surface area contributed by atoms with Crippen LogP contribution in [-0.4, -0.2) is 19.0 Å². The van der Waals surface area contributed by atoms with Crippen LogP contribution in [0.2, 0.25) is 0 Å². The minimum atomic E-state index is -0.206. The number of anilines is 2. The minimum Gasteiger partial charge on any atom is -0.396 e. The summed E-state index contributed by atoms with van der Waals surface area (Å²) in [5, 5.41) is 15.9. The van der Waals surface area contributed by atoms with Gasteiger partial charge in [0.15, 0.2) is 0 Å². The van der Waals surface area contributed by atoms with E-state index in [1.165, 1.54) is 11.3 Å². The molecule has 5 nitrogen and oxygen atoms in total. The van der Waals surface area contributed by atoms with Crippen molar-refractivity contribution in [3.05, 3.63) is 10.4 Å². The predicted octanol–water partition coefficient (Wildman–Crippen LogP) is 2.80. The van der Waals surface area contributed by atoms with Gasteiger partial charge in [-0.25, -0.2) is 0 Å². The third kappa shape index (κ3) is 4.14. The van der Waals surface area contributed by atoms with Crippen molar-refractivity contribution in [1.82, 2.24) is 5.32 Å². The molecule has 0 aliphatic heterocycles. The average molecular weight is 294 g/mol. The van der Waals surface area contributed by atoms with Gasteiger partial charge in [-0.05, 0) is 18.8 Å². The topological polar surface area (TPSA) is 90.9 Å². The number of carbonyl (C=O) groups excluding carboxylic acids is 1. The number of nitrogens with one attached hydrogen (secondary N) is 2. The van der Waals surface area contributed by atoms with Gasteiger partial charge in [-0.3, -0.25) is 4.79 Å². The number of thiophene rings is 1. The summed E-state index contributed by atoms with van der Waals surface area (Å²) in [7, 11) is 0. The maximum Gasteiger partial charge on any atom is 0.263 e. The first-order valence-electron chi connectivity index (χ1n) is 6.85. The normalized spacial score (nSPS) is 10.3. The zero-order chi connectivity index (χ0) is 15.1. The highest BCUT2D eigenvalue weighted by atomic mass is 32.1. The molecule has 0 radical (unpaired) electrons. The lowest BCUT2D eigenvalue weighted by atomic mass is 10.1. The molecule has 1 aromatic rings. The van der Waals surface area contributed by atoms with E-state index in [9.17, 15) is 10.1 Å². The Morgan fingerprint density at radius 2 is 2.15 bits per heavy atom. The van der Waals surface area contributed by atoms with Gasteiger partial charge in [-0.15, -0.1) is 11.3 Å². The first kappa shape index (κ1) is 16.3. The van der Waals surface area contributed by atoms with Crippen LogP contribution in [0.1, 0.15) is 48.8 Å². The van der Waals surface area contributed by atoms with Gasteiger partial charge in [-0.2, -0.15) is 5.26 Å². The van der Waals surface area contributed by atoms with Crippen LogP contribution in [-0.2, 0) is 0 Å². The molecule has 1 amide bonds. The molecule has 110 valence electrons. The van der Waals surface area contributed by atoms with Crippen LogP contribution in [0.15, 0.2) is 0 Å². The quantitative estimate of drug-likeness (QED) is 0.721. The molecule has 0 aliphatic rings. The Balaban J connectivity index is 2.86. The van der Waals surface area contributed by atoms with Crippen molar-refractivity contribution >= 4 is 27.9 Å². The Morgan fingerprint density at radius 3 is 2.70 bits per heavy atom. The van der Waals surface area contributed by atoms with Crippen molar-refractivity contribution in [2.24, 2.45) is 5.92 Å². The van der Waals surface area contributed by atoms with Gasteiger partial charge in [0.1, 0.15) is 21.5 Å². The predicted molar refractivity (Wildman–Crippen MR) is 84.0 cm³/mol. The molecule has 1 rings (SSSR count). The van der Waals surface area contributed by atoms with Crippen LogP contribution in [0.5, 0.6) is 0 Å². The molecule has 0 unspecified atom stereocenters. The minimum absolute atomic E-state index is 0.206. The lowest BCUT2D eigenvalue weighted by Gasteiger charge is -2.06. The zero-order valence-electron chi connectivity index (χ0n) is 12.2. The Kier molecular flexibility index (Phi) is 6.32. The van der Waals surface area contributed by atoms with Crippen molar-refractivity contribution in [3.8, 4) is 6.07 Å². The maximum atomic E-state index is 12.0. The number of nitrogen functional groups attached to an aromatic ring is 1. The van der Waals surface area contributed by atoms with E-state index >= 15 is 0 Å². The molecule has 1 aromatic heterocycles. The van der Waals surface area contributed by atoms with Crippen LogP contribution < -0.4 is 16.4 Å². The fourth-order valence-corrected chi connectivity index (χ4v) is 2.65. The molecule has 0 saturated heterocycles. The molecule has 0 bridgehead atoms. The zero-order valence-corrected chi connectivity index (χ0v) is 13.1. The molecule has 4 N–H and O–H groups in total. The van der Waals surface area contributed by atoms with E-state index in [0.29, 0.717) is 27.9 Å². The van der Waals surface area contributed by atoms with Crippen LogP contribution in [0.4, 0.5) is 10.7 Å². The van der Waals surface area contributed by atoms with Gasteiger partial charge in [0, 0.05) is 13.1 Å². The third-order valence-electron chi connectivity index (χ3n) is 2.81. The van der Waals surface area contributed by atoms with Gasteiger partial charge in [0.25, 0.3) is 5.91 Å². The highest BCUT2D eigenvalue weighted by Gasteiger charge is 2.20. The molecule has 0 atom stereocenters. The highest BCUT2D eigenvalue weighted by Crippen LogP contribution is 2.35. The number of nitriles is 1. The largest absolute Gasteiger partial charge is 0.396 e. The maximum absolute atomic E-state index is 12.0. The van der Waals surface area contributed by atoms with Crippen LogP contribution in [0, 0.1) is 17.2 Å². The summed E-state index contributed by atoms with van der Waals surface area (Å²) < 4.78 is 0. The van der Waals surface area contributed by atoms with E-state index < -0.39 is 0 Å². The molecule has 0 aromatic carbocycles. The highest BCUT2D eigenvalue weighted by molar-refractivity contribution is 7.18. The number of nitrogens with two attached hydrogens (primary N) is 1. The van der Waals surface area contributed by atoms with Crippen molar-refractivity contribution in [2.45, 2.75) is 33.6 Å². The molecular formula is C14H22N4OS. The summed E-state index contributed by atoms with van der Waals surface area (Å²) in [5.41, 5.74) is 6.56. The Hall–Kier alpha value is -1.74. The summed E-state index contributed by atoms with van der Waals surface area (Å²) in [6.45, 7) is 7.63. The monoisotopic (exact) mass is 294 g/mol. The van der Waals surface area contributed by atoms with Crippen LogP contribution in [0.25, 0.3) is 0 Å². The van der Waals surface area contributed by atoms with E-state index in [1.54, 1.807) is 0 Å². The van der Waals surface area contributed by atoms with Crippen molar-refractivity contribution in [1.29, 1.82) is 5.26 Å². The summed E-state index contributed by atoms with van der Waals surface area (Å²) >= 11 is 1.25. The van der Waals surface area contributed by atoms with E-state index in [0.717, 1.165) is 19.4 Å². The molecule has 6 heteroatoms.